The van der Waals surface area contributed by atoms with Crippen molar-refractivity contribution >= 4 is 23.6 Å². The molecule has 3 aliphatic rings. The fourth-order valence-corrected chi connectivity index (χ4v) is 5.51. The van der Waals surface area contributed by atoms with E-state index in [9.17, 15) is 19.2 Å². The molecule has 9 nitrogen and oxygen atoms in total. The summed E-state index contributed by atoms with van der Waals surface area (Å²) < 4.78 is 10.5. The third kappa shape index (κ3) is 4.54. The summed E-state index contributed by atoms with van der Waals surface area (Å²) in [5.41, 5.74) is 1.55. The minimum Gasteiger partial charge on any atom is -0.493 e. The average molecular weight is 506 g/mol. The molecule has 0 spiro atoms. The predicted octanol–water partition coefficient (Wildman–Crippen LogP) is 3.23. The van der Waals surface area contributed by atoms with Crippen LogP contribution in [0.5, 0.6) is 11.5 Å². The molecule has 0 radical (unpaired) electrons. The molecule has 2 aliphatic heterocycles. The second kappa shape index (κ2) is 10.2. The number of carbonyl (C=O) groups is 4. The molecule has 0 unspecified atom stereocenters. The van der Waals surface area contributed by atoms with Crippen LogP contribution in [0.25, 0.3) is 0 Å². The number of amides is 4. The fraction of sp³-hybridized carbons (Fsp3) is 0.429. The zero-order valence-corrected chi connectivity index (χ0v) is 21.2. The Morgan fingerprint density at radius 1 is 0.703 bits per heavy atom. The fourth-order valence-electron chi connectivity index (χ4n) is 5.51. The zero-order chi connectivity index (χ0) is 26.1. The van der Waals surface area contributed by atoms with Crippen molar-refractivity contribution in [1.82, 2.24) is 14.7 Å². The lowest BCUT2D eigenvalue weighted by Crippen LogP contribution is -2.50. The monoisotopic (exact) mass is 505 g/mol. The van der Waals surface area contributed by atoms with Gasteiger partial charge in [-0.2, -0.15) is 0 Å². The minimum absolute atomic E-state index is 0.0587. The summed E-state index contributed by atoms with van der Waals surface area (Å²) in [4.78, 5) is 57.1. The summed E-state index contributed by atoms with van der Waals surface area (Å²) in [5.74, 6) is 0.120. The second-order valence-corrected chi connectivity index (χ2v) is 9.69. The second-order valence-electron chi connectivity index (χ2n) is 9.69. The third-order valence-electron chi connectivity index (χ3n) is 7.59. The third-order valence-corrected chi connectivity index (χ3v) is 7.59. The van der Waals surface area contributed by atoms with Crippen LogP contribution in [0.3, 0.4) is 0 Å². The maximum Gasteiger partial charge on any atom is 0.261 e. The van der Waals surface area contributed by atoms with Crippen LogP contribution in [0.15, 0.2) is 36.4 Å². The number of imide groups is 1. The average Bonchev–Trinajstić information content (AvgIpc) is 3.21. The van der Waals surface area contributed by atoms with Crippen LogP contribution in [0, 0.1) is 0 Å². The molecule has 2 fully saturated rings. The Morgan fingerprint density at radius 2 is 1.24 bits per heavy atom. The number of hydrogen-bond donors (Lipinski definition) is 0. The highest BCUT2D eigenvalue weighted by Gasteiger charge is 2.40. The molecular formula is C28H31N3O6. The molecule has 9 heteroatoms. The lowest BCUT2D eigenvalue weighted by Gasteiger charge is -2.35. The van der Waals surface area contributed by atoms with E-state index >= 15 is 0 Å². The number of methoxy groups -OCH3 is 2. The van der Waals surface area contributed by atoms with Crippen molar-refractivity contribution < 1.29 is 28.7 Å². The summed E-state index contributed by atoms with van der Waals surface area (Å²) in [5, 5.41) is 0. The Morgan fingerprint density at radius 3 is 1.84 bits per heavy atom. The summed E-state index contributed by atoms with van der Waals surface area (Å²) in [7, 11) is 3.06. The number of carbonyl (C=O) groups excluding carboxylic acids is 4. The van der Waals surface area contributed by atoms with E-state index in [1.54, 1.807) is 46.2 Å². The molecule has 4 amide bonds. The standard InChI is InChI=1S/C28H31N3O6/c1-36-23-11-9-19(17-24(23)37-2)26(33)30-14-12-29(13-15-30)25(32)18-8-10-21-22(16-18)28(35)31(27(21)34)20-6-4-3-5-7-20/h8-11,16-17,20H,3-7,12-15H2,1-2H3. The molecule has 1 saturated carbocycles. The Kier molecular flexibility index (Phi) is 6.86. The smallest absolute Gasteiger partial charge is 0.261 e. The van der Waals surface area contributed by atoms with E-state index in [0.29, 0.717) is 59.9 Å². The SMILES string of the molecule is COc1ccc(C(=O)N2CCN(C(=O)c3ccc4c(c3)C(=O)N(C3CCCCC3)C4=O)CC2)cc1OC. The summed E-state index contributed by atoms with van der Waals surface area (Å²) >= 11 is 0. The van der Waals surface area contributed by atoms with Gasteiger partial charge in [-0.15, -0.1) is 0 Å². The molecule has 0 aromatic heterocycles. The van der Waals surface area contributed by atoms with Gasteiger partial charge in [0, 0.05) is 43.3 Å². The molecule has 194 valence electrons. The van der Waals surface area contributed by atoms with Crippen LogP contribution >= 0.6 is 0 Å². The highest BCUT2D eigenvalue weighted by molar-refractivity contribution is 6.22. The van der Waals surface area contributed by atoms with E-state index < -0.39 is 0 Å². The number of piperazine rings is 1. The molecule has 2 aromatic rings. The lowest BCUT2D eigenvalue weighted by atomic mass is 9.94. The van der Waals surface area contributed by atoms with E-state index in [2.05, 4.69) is 0 Å². The van der Waals surface area contributed by atoms with E-state index in [1.165, 1.54) is 19.1 Å². The van der Waals surface area contributed by atoms with Crippen molar-refractivity contribution in [3.05, 3.63) is 58.7 Å². The quantitative estimate of drug-likeness (QED) is 0.579. The predicted molar refractivity (Wildman–Crippen MR) is 135 cm³/mol. The van der Waals surface area contributed by atoms with Gasteiger partial charge in [-0.3, -0.25) is 24.1 Å². The van der Waals surface area contributed by atoms with E-state index in [-0.39, 0.29) is 29.7 Å². The van der Waals surface area contributed by atoms with Gasteiger partial charge in [0.25, 0.3) is 23.6 Å². The van der Waals surface area contributed by atoms with Gasteiger partial charge in [-0.1, -0.05) is 19.3 Å². The number of fused-ring (bicyclic) bond motifs is 1. The molecule has 5 rings (SSSR count). The summed E-state index contributed by atoms with van der Waals surface area (Å²) in [6.45, 7) is 1.51. The first-order valence-electron chi connectivity index (χ1n) is 12.8. The van der Waals surface area contributed by atoms with Gasteiger partial charge >= 0.3 is 0 Å². The molecule has 0 atom stereocenters. The van der Waals surface area contributed by atoms with E-state index in [0.717, 1.165) is 32.1 Å². The molecule has 0 bridgehead atoms. The van der Waals surface area contributed by atoms with Gasteiger partial charge in [-0.25, -0.2) is 0 Å². The number of nitrogens with zero attached hydrogens (tertiary/aromatic N) is 3. The van der Waals surface area contributed by atoms with Crippen molar-refractivity contribution in [3.63, 3.8) is 0 Å². The molecular weight excluding hydrogens is 474 g/mol. The maximum atomic E-state index is 13.3. The van der Waals surface area contributed by atoms with E-state index in [1.807, 2.05) is 0 Å². The highest BCUT2D eigenvalue weighted by atomic mass is 16.5. The van der Waals surface area contributed by atoms with E-state index in [4.69, 9.17) is 9.47 Å². The number of ether oxygens (including phenoxy) is 2. The van der Waals surface area contributed by atoms with Gasteiger partial charge < -0.3 is 19.3 Å². The van der Waals surface area contributed by atoms with Crippen LogP contribution in [-0.2, 0) is 0 Å². The molecule has 1 aliphatic carbocycles. The van der Waals surface area contributed by atoms with Crippen LogP contribution < -0.4 is 9.47 Å². The molecule has 2 aromatic carbocycles. The first kappa shape index (κ1) is 24.8. The Hall–Kier alpha value is -3.88. The molecule has 1 saturated heterocycles. The van der Waals surface area contributed by atoms with Crippen LogP contribution in [0.2, 0.25) is 0 Å². The first-order chi connectivity index (χ1) is 17.9. The van der Waals surface area contributed by atoms with Crippen molar-refractivity contribution in [2.24, 2.45) is 0 Å². The molecule has 0 N–H and O–H groups in total. The largest absolute Gasteiger partial charge is 0.493 e. The highest BCUT2D eigenvalue weighted by Crippen LogP contribution is 2.32. The number of rotatable bonds is 5. The van der Waals surface area contributed by atoms with Gasteiger partial charge in [0.2, 0.25) is 0 Å². The van der Waals surface area contributed by atoms with Gasteiger partial charge in [0.05, 0.1) is 25.3 Å². The zero-order valence-electron chi connectivity index (χ0n) is 21.2. The summed E-state index contributed by atoms with van der Waals surface area (Å²) in [6, 6.07) is 9.76. The number of hydrogen-bond acceptors (Lipinski definition) is 6. The van der Waals surface area contributed by atoms with Crippen molar-refractivity contribution in [2.75, 3.05) is 40.4 Å². The Balaban J connectivity index is 1.25. The van der Waals surface area contributed by atoms with Crippen molar-refractivity contribution in [3.8, 4) is 11.5 Å². The van der Waals surface area contributed by atoms with Gasteiger partial charge in [-0.05, 0) is 49.2 Å². The van der Waals surface area contributed by atoms with Gasteiger partial charge in [0.15, 0.2) is 11.5 Å². The lowest BCUT2D eigenvalue weighted by molar-refractivity contribution is 0.0534. The Labute approximate surface area is 215 Å². The normalized spacial score (nSPS) is 18.2. The minimum atomic E-state index is -0.299. The van der Waals surface area contributed by atoms with Gasteiger partial charge in [0.1, 0.15) is 0 Å². The van der Waals surface area contributed by atoms with Crippen LogP contribution in [0.4, 0.5) is 0 Å². The number of benzene rings is 2. The molecule has 37 heavy (non-hydrogen) atoms. The van der Waals surface area contributed by atoms with Crippen molar-refractivity contribution in [1.29, 1.82) is 0 Å². The van der Waals surface area contributed by atoms with Crippen LogP contribution in [-0.4, -0.2) is 84.8 Å². The van der Waals surface area contributed by atoms with Crippen LogP contribution in [0.1, 0.15) is 73.5 Å². The summed E-state index contributed by atoms with van der Waals surface area (Å²) in [6.07, 6.45) is 4.84. The maximum absolute atomic E-state index is 13.3. The first-order valence-corrected chi connectivity index (χ1v) is 12.8. The Bertz CT molecular complexity index is 1240. The van der Waals surface area contributed by atoms with Crippen molar-refractivity contribution in [2.45, 2.75) is 38.1 Å². The topological polar surface area (TPSA) is 96.5 Å². The molecule has 2 heterocycles.